The maximum absolute atomic E-state index is 12.6. The fourth-order valence-electron chi connectivity index (χ4n) is 5.84. The van der Waals surface area contributed by atoms with Crippen LogP contribution in [0.4, 0.5) is 11.4 Å². The van der Waals surface area contributed by atoms with Crippen LogP contribution in [0.15, 0.2) is 54.7 Å². The second kappa shape index (κ2) is 23.5. The van der Waals surface area contributed by atoms with E-state index in [1.165, 1.54) is 0 Å². The van der Waals surface area contributed by atoms with Crippen LogP contribution in [0.1, 0.15) is 44.4 Å². The highest BCUT2D eigenvalue weighted by atomic mass is 16.6. The van der Waals surface area contributed by atoms with Crippen molar-refractivity contribution in [2.75, 3.05) is 103 Å². The number of amides is 1. The monoisotopic (exact) mass is 721 g/mol. The van der Waals surface area contributed by atoms with Gasteiger partial charge in [0.05, 0.1) is 104 Å². The third-order valence-corrected chi connectivity index (χ3v) is 8.30. The van der Waals surface area contributed by atoms with Crippen molar-refractivity contribution in [3.8, 4) is 23.2 Å². The molecule has 1 amide bonds. The van der Waals surface area contributed by atoms with E-state index in [9.17, 15) is 4.79 Å². The number of nitrogens with two attached hydrogens (primary N) is 1. The van der Waals surface area contributed by atoms with Crippen LogP contribution < -0.4 is 16.0 Å². The van der Waals surface area contributed by atoms with Crippen molar-refractivity contribution in [3.05, 3.63) is 65.9 Å². The maximum Gasteiger partial charge on any atom is 0.224 e. The van der Waals surface area contributed by atoms with E-state index in [0.29, 0.717) is 99.0 Å². The van der Waals surface area contributed by atoms with Crippen LogP contribution in [0, 0.1) is 12.0 Å². The van der Waals surface area contributed by atoms with Crippen LogP contribution in [0.2, 0.25) is 0 Å². The number of fused-ring (bicyclic) bond motifs is 1. The van der Waals surface area contributed by atoms with Crippen molar-refractivity contribution >= 4 is 17.3 Å². The molecule has 13 heteroatoms. The number of aromatic nitrogens is 2. The van der Waals surface area contributed by atoms with Crippen LogP contribution in [0.3, 0.4) is 0 Å². The molecule has 1 aliphatic rings. The molecule has 3 aromatic rings. The summed E-state index contributed by atoms with van der Waals surface area (Å²) in [4.78, 5) is 14.5. The fourth-order valence-corrected chi connectivity index (χ4v) is 5.84. The Bertz CT molecular complexity index is 1520. The van der Waals surface area contributed by atoms with Crippen LogP contribution in [0.25, 0.3) is 11.3 Å². The maximum atomic E-state index is 12.6. The number of ether oxygens (including phenoxy) is 7. The third-order valence-electron chi connectivity index (χ3n) is 8.30. The summed E-state index contributed by atoms with van der Waals surface area (Å²) >= 11 is 0. The number of carbonyl (C=O) groups is 1. The molecule has 2 heterocycles. The number of hydrogen-bond acceptors (Lipinski definition) is 11. The van der Waals surface area contributed by atoms with Crippen molar-refractivity contribution in [3.63, 3.8) is 0 Å². The standard InChI is InChI=1S/C39H55N5O8/c1-4-46-17-18-48-21-22-50-25-26-52-28-27-51-24-23-49-20-19-47-16-15-43-14-12-37(42-43)34-7-10-39-36(30-34)38(29-31(2)44(39)32(3)45)41-35-8-5-33(6-9-35)11-13-40/h5-10,12,14,30-31,38,41H,4,15-29,40H2,1-3H3/t31-,38+/m0/s1. The van der Waals surface area contributed by atoms with E-state index < -0.39 is 0 Å². The number of nitrogens with one attached hydrogen (secondary N) is 1. The first-order chi connectivity index (χ1) is 25.5. The van der Waals surface area contributed by atoms with E-state index in [2.05, 4.69) is 30.3 Å². The van der Waals surface area contributed by atoms with Crippen LogP contribution in [0.5, 0.6) is 0 Å². The van der Waals surface area contributed by atoms with E-state index in [0.717, 1.165) is 40.2 Å². The lowest BCUT2D eigenvalue weighted by Gasteiger charge is -2.39. The largest absolute Gasteiger partial charge is 0.379 e. The number of benzene rings is 2. The summed E-state index contributed by atoms with van der Waals surface area (Å²) in [5.41, 5.74) is 11.0. The Morgan fingerprint density at radius 3 is 1.90 bits per heavy atom. The van der Waals surface area contributed by atoms with Crippen LogP contribution >= 0.6 is 0 Å². The van der Waals surface area contributed by atoms with E-state index in [4.69, 9.17) is 44.0 Å². The van der Waals surface area contributed by atoms with Gasteiger partial charge in [-0.3, -0.25) is 9.48 Å². The highest BCUT2D eigenvalue weighted by Crippen LogP contribution is 2.41. The molecule has 0 radical (unpaired) electrons. The number of anilines is 2. The minimum absolute atomic E-state index is 0.00816. The van der Waals surface area contributed by atoms with Gasteiger partial charge in [0.15, 0.2) is 0 Å². The number of rotatable bonds is 25. The second-order valence-corrected chi connectivity index (χ2v) is 12.1. The van der Waals surface area contributed by atoms with Gasteiger partial charge in [-0.05, 0) is 74.2 Å². The first kappa shape index (κ1) is 40.8. The van der Waals surface area contributed by atoms with E-state index in [1.807, 2.05) is 65.2 Å². The number of hydrogen-bond donors (Lipinski definition) is 2. The molecule has 4 rings (SSSR count). The van der Waals surface area contributed by atoms with Gasteiger partial charge < -0.3 is 49.1 Å². The van der Waals surface area contributed by atoms with Gasteiger partial charge in [0, 0.05) is 54.3 Å². The highest BCUT2D eigenvalue weighted by molar-refractivity contribution is 5.94. The molecule has 3 N–H and O–H groups in total. The first-order valence-electron chi connectivity index (χ1n) is 18.1. The van der Waals surface area contributed by atoms with Crippen molar-refractivity contribution in [2.24, 2.45) is 5.73 Å². The minimum atomic E-state index is 0.00816. The average molecular weight is 722 g/mol. The van der Waals surface area contributed by atoms with E-state index in [-0.39, 0.29) is 18.0 Å². The van der Waals surface area contributed by atoms with Crippen molar-refractivity contribution in [1.82, 2.24) is 9.78 Å². The molecule has 0 aliphatic carbocycles. The molecule has 284 valence electrons. The fraction of sp³-hybridized carbons (Fsp3) is 0.538. The summed E-state index contributed by atoms with van der Waals surface area (Å²) in [7, 11) is 0. The second-order valence-electron chi connectivity index (χ2n) is 12.1. The quantitative estimate of drug-likeness (QED) is 0.0737. The van der Waals surface area contributed by atoms with Gasteiger partial charge in [-0.15, -0.1) is 0 Å². The topological polar surface area (TPSA) is 141 Å². The molecule has 13 nitrogen and oxygen atoms in total. The van der Waals surface area contributed by atoms with Gasteiger partial charge in [0.1, 0.15) is 0 Å². The van der Waals surface area contributed by atoms with Crippen molar-refractivity contribution in [2.45, 2.75) is 45.8 Å². The van der Waals surface area contributed by atoms with E-state index >= 15 is 0 Å². The molecule has 52 heavy (non-hydrogen) atoms. The van der Waals surface area contributed by atoms with Crippen molar-refractivity contribution < 1.29 is 38.0 Å². The molecule has 2 aromatic carbocycles. The Morgan fingerprint density at radius 1 is 0.808 bits per heavy atom. The third kappa shape index (κ3) is 13.9. The first-order valence-corrected chi connectivity index (χ1v) is 18.1. The molecular weight excluding hydrogens is 666 g/mol. The molecule has 0 fully saturated rings. The predicted molar refractivity (Wildman–Crippen MR) is 200 cm³/mol. The van der Waals surface area contributed by atoms with Gasteiger partial charge in [-0.2, -0.15) is 5.10 Å². The lowest BCUT2D eigenvalue weighted by Crippen LogP contribution is -2.43. The average Bonchev–Trinajstić information content (AvgIpc) is 3.62. The minimum Gasteiger partial charge on any atom is -0.379 e. The Balaban J connectivity index is 1.10. The van der Waals surface area contributed by atoms with Gasteiger partial charge in [0.25, 0.3) is 0 Å². The summed E-state index contributed by atoms with van der Waals surface area (Å²) < 4.78 is 40.3. The summed E-state index contributed by atoms with van der Waals surface area (Å²) in [6.07, 6.45) is 2.72. The van der Waals surface area contributed by atoms with Gasteiger partial charge in [-0.25, -0.2) is 0 Å². The molecule has 0 saturated heterocycles. The van der Waals surface area contributed by atoms with Crippen LogP contribution in [-0.2, 0) is 44.5 Å². The SMILES string of the molecule is CCOCCOCCOCCOCCOCCOCCOCCn1ccc(-c2ccc3c(c2)[C@H](Nc2ccc(C#CN)cc2)C[C@H](C)N3C(C)=O)n1. The summed E-state index contributed by atoms with van der Waals surface area (Å²) in [6.45, 7) is 13.8. The Kier molecular flexibility index (Phi) is 18.5. The normalized spacial score (nSPS) is 15.2. The molecule has 2 atom stereocenters. The summed E-state index contributed by atoms with van der Waals surface area (Å²) in [5, 5.41) is 8.46. The lowest BCUT2D eigenvalue weighted by atomic mass is 9.89. The highest BCUT2D eigenvalue weighted by Gasteiger charge is 2.32. The van der Waals surface area contributed by atoms with Gasteiger partial charge in [0.2, 0.25) is 5.91 Å². The number of carbonyl (C=O) groups excluding carboxylic acids is 1. The molecule has 1 aromatic heterocycles. The van der Waals surface area contributed by atoms with Gasteiger partial charge in [-0.1, -0.05) is 6.07 Å². The molecule has 0 saturated carbocycles. The molecular formula is C39H55N5O8. The zero-order valence-electron chi connectivity index (χ0n) is 30.8. The van der Waals surface area contributed by atoms with Gasteiger partial charge >= 0.3 is 0 Å². The van der Waals surface area contributed by atoms with E-state index in [1.54, 1.807) is 6.92 Å². The zero-order chi connectivity index (χ0) is 36.8. The molecule has 0 bridgehead atoms. The van der Waals surface area contributed by atoms with Crippen LogP contribution in [-0.4, -0.2) is 114 Å². The number of nitrogens with zero attached hydrogens (tertiary/aromatic N) is 3. The lowest BCUT2D eigenvalue weighted by molar-refractivity contribution is -0.117. The summed E-state index contributed by atoms with van der Waals surface area (Å²) in [6, 6.07) is 18.6. The van der Waals surface area contributed by atoms with Crippen molar-refractivity contribution in [1.29, 1.82) is 0 Å². The Morgan fingerprint density at radius 2 is 1.37 bits per heavy atom. The molecule has 0 spiro atoms. The smallest absolute Gasteiger partial charge is 0.224 e. The Hall–Kier alpha value is -4.00. The zero-order valence-corrected chi connectivity index (χ0v) is 30.8. The predicted octanol–water partition coefficient (Wildman–Crippen LogP) is 4.25. The Labute approximate surface area is 308 Å². The molecule has 1 aliphatic heterocycles. The molecule has 0 unspecified atom stereocenters. The summed E-state index contributed by atoms with van der Waals surface area (Å²) in [5.74, 6) is 2.90.